The first-order chi connectivity index (χ1) is 10.5. The lowest BCUT2D eigenvalue weighted by atomic mass is 10.2. The van der Waals surface area contributed by atoms with Crippen LogP contribution in [-0.4, -0.2) is 37.7 Å². The Kier molecular flexibility index (Phi) is 7.45. The van der Waals surface area contributed by atoms with Crippen LogP contribution in [0.5, 0.6) is 5.75 Å². The first-order valence-electron chi connectivity index (χ1n) is 6.94. The van der Waals surface area contributed by atoms with Crippen molar-refractivity contribution in [1.82, 2.24) is 10.6 Å². The van der Waals surface area contributed by atoms with Gasteiger partial charge in [0.25, 0.3) is 5.91 Å². The molecule has 1 aromatic rings. The molecule has 7 nitrogen and oxygen atoms in total. The highest BCUT2D eigenvalue weighted by Gasteiger charge is 2.11. The molecule has 1 rings (SSSR count). The molecule has 0 saturated carbocycles. The summed E-state index contributed by atoms with van der Waals surface area (Å²) in [6.07, 6.45) is 0.757. The molecule has 0 heterocycles. The topological polar surface area (TPSA) is 93.7 Å². The predicted molar refractivity (Wildman–Crippen MR) is 79.5 cm³/mol. The Balaban J connectivity index is 2.24. The van der Waals surface area contributed by atoms with Gasteiger partial charge in [-0.3, -0.25) is 10.1 Å². The average molecular weight is 308 g/mol. The van der Waals surface area contributed by atoms with Gasteiger partial charge < -0.3 is 14.8 Å². The van der Waals surface area contributed by atoms with Gasteiger partial charge in [0.05, 0.1) is 0 Å². The molecule has 0 atom stereocenters. The van der Waals surface area contributed by atoms with Gasteiger partial charge >= 0.3 is 12.0 Å². The van der Waals surface area contributed by atoms with Crippen molar-refractivity contribution < 1.29 is 23.9 Å². The summed E-state index contributed by atoms with van der Waals surface area (Å²) in [5, 5.41) is 4.51. The third kappa shape index (κ3) is 6.74. The van der Waals surface area contributed by atoms with E-state index in [2.05, 4.69) is 5.32 Å². The lowest BCUT2D eigenvalue weighted by molar-refractivity contribution is -0.150. The van der Waals surface area contributed by atoms with E-state index in [1.54, 1.807) is 12.1 Å². The molecule has 0 aliphatic heterocycles. The fourth-order valence-electron chi connectivity index (χ4n) is 1.49. The number of para-hydroxylation sites is 1. The van der Waals surface area contributed by atoms with Gasteiger partial charge in [0.1, 0.15) is 5.75 Å². The summed E-state index contributed by atoms with van der Waals surface area (Å²) in [4.78, 5) is 34.0. The van der Waals surface area contributed by atoms with E-state index in [4.69, 9.17) is 9.47 Å². The van der Waals surface area contributed by atoms with Gasteiger partial charge in [0.15, 0.2) is 13.2 Å². The zero-order valence-electron chi connectivity index (χ0n) is 12.7. The van der Waals surface area contributed by atoms with E-state index in [0.29, 0.717) is 12.3 Å². The van der Waals surface area contributed by atoms with Crippen LogP contribution in [0.2, 0.25) is 0 Å². The molecule has 7 heteroatoms. The van der Waals surface area contributed by atoms with Crippen LogP contribution in [-0.2, 0) is 14.3 Å². The van der Waals surface area contributed by atoms with Gasteiger partial charge in [-0.25, -0.2) is 9.59 Å². The first kappa shape index (κ1) is 17.5. The van der Waals surface area contributed by atoms with Crippen molar-refractivity contribution in [2.45, 2.75) is 20.3 Å². The van der Waals surface area contributed by atoms with E-state index in [-0.39, 0.29) is 6.61 Å². The molecule has 0 bridgehead atoms. The molecule has 2 N–H and O–H groups in total. The molecule has 0 fully saturated rings. The molecule has 1 aromatic carbocycles. The second kappa shape index (κ2) is 9.38. The van der Waals surface area contributed by atoms with Gasteiger partial charge in [-0.1, -0.05) is 25.1 Å². The standard InChI is InChI=1S/C15H20N2O5/c1-3-8-16-15(20)17-13(18)9-22-14(19)10-21-12-7-5-4-6-11(12)2/h4-7H,3,8-10H2,1-2H3,(H2,16,17,18,20). The van der Waals surface area contributed by atoms with Crippen molar-refractivity contribution in [3.8, 4) is 5.75 Å². The maximum atomic E-state index is 11.5. The maximum Gasteiger partial charge on any atom is 0.344 e. The van der Waals surface area contributed by atoms with Crippen molar-refractivity contribution in [3.05, 3.63) is 29.8 Å². The Morgan fingerprint density at radius 1 is 1.14 bits per heavy atom. The third-order valence-electron chi connectivity index (χ3n) is 2.59. The zero-order chi connectivity index (χ0) is 16.4. The minimum absolute atomic E-state index is 0.305. The maximum absolute atomic E-state index is 11.5. The molecule has 3 amide bonds. The molecule has 0 saturated heterocycles. The molecular weight excluding hydrogens is 288 g/mol. The monoisotopic (exact) mass is 308 g/mol. The summed E-state index contributed by atoms with van der Waals surface area (Å²) in [6.45, 7) is 3.36. The molecule has 0 aliphatic rings. The Morgan fingerprint density at radius 3 is 2.55 bits per heavy atom. The van der Waals surface area contributed by atoms with Gasteiger partial charge in [0, 0.05) is 6.54 Å². The van der Waals surface area contributed by atoms with Crippen LogP contribution in [0.3, 0.4) is 0 Å². The largest absolute Gasteiger partial charge is 0.482 e. The summed E-state index contributed by atoms with van der Waals surface area (Å²) in [5.41, 5.74) is 0.889. The third-order valence-corrected chi connectivity index (χ3v) is 2.59. The number of carbonyl (C=O) groups is 3. The van der Waals surface area contributed by atoms with E-state index in [1.807, 2.05) is 31.3 Å². The summed E-state index contributed by atoms with van der Waals surface area (Å²) in [6, 6.07) is 6.61. The van der Waals surface area contributed by atoms with Crippen LogP contribution in [0.4, 0.5) is 4.79 Å². The Morgan fingerprint density at radius 2 is 1.86 bits per heavy atom. The number of aryl methyl sites for hydroxylation is 1. The molecule has 0 unspecified atom stereocenters. The van der Waals surface area contributed by atoms with E-state index < -0.39 is 24.5 Å². The van der Waals surface area contributed by atoms with Crippen molar-refractivity contribution in [2.75, 3.05) is 19.8 Å². The number of nitrogens with one attached hydrogen (secondary N) is 2. The van der Waals surface area contributed by atoms with Crippen LogP contribution in [0.25, 0.3) is 0 Å². The van der Waals surface area contributed by atoms with Crippen molar-refractivity contribution >= 4 is 17.9 Å². The fourth-order valence-corrected chi connectivity index (χ4v) is 1.49. The Bertz CT molecular complexity index is 530. The lowest BCUT2D eigenvalue weighted by Crippen LogP contribution is -2.41. The van der Waals surface area contributed by atoms with Crippen LogP contribution in [0, 0.1) is 6.92 Å². The van der Waals surface area contributed by atoms with E-state index in [9.17, 15) is 14.4 Å². The molecule has 0 radical (unpaired) electrons. The van der Waals surface area contributed by atoms with E-state index in [0.717, 1.165) is 12.0 Å². The number of carbonyl (C=O) groups excluding carboxylic acids is 3. The zero-order valence-corrected chi connectivity index (χ0v) is 12.7. The highest BCUT2D eigenvalue weighted by molar-refractivity contribution is 5.95. The normalized spacial score (nSPS) is 9.73. The second-order valence-electron chi connectivity index (χ2n) is 4.52. The predicted octanol–water partition coefficient (Wildman–Crippen LogP) is 1.15. The summed E-state index contributed by atoms with van der Waals surface area (Å²) >= 11 is 0. The number of ether oxygens (including phenoxy) is 2. The second-order valence-corrected chi connectivity index (χ2v) is 4.52. The number of hydrogen-bond acceptors (Lipinski definition) is 5. The van der Waals surface area contributed by atoms with Gasteiger partial charge in [-0.2, -0.15) is 0 Å². The minimum atomic E-state index is -0.696. The van der Waals surface area contributed by atoms with Crippen LogP contribution in [0.15, 0.2) is 24.3 Å². The van der Waals surface area contributed by atoms with Crippen molar-refractivity contribution in [3.63, 3.8) is 0 Å². The van der Waals surface area contributed by atoms with Crippen LogP contribution in [0.1, 0.15) is 18.9 Å². The van der Waals surface area contributed by atoms with E-state index in [1.165, 1.54) is 0 Å². The lowest BCUT2D eigenvalue weighted by Gasteiger charge is -2.09. The number of rotatable bonds is 7. The molecule has 0 aliphatic carbocycles. The summed E-state index contributed by atoms with van der Waals surface area (Å²) in [7, 11) is 0. The molecule has 120 valence electrons. The molecule has 0 spiro atoms. The molecule has 0 aromatic heterocycles. The number of benzene rings is 1. The van der Waals surface area contributed by atoms with Gasteiger partial charge in [-0.05, 0) is 25.0 Å². The van der Waals surface area contributed by atoms with Crippen molar-refractivity contribution in [2.24, 2.45) is 0 Å². The SMILES string of the molecule is CCCNC(=O)NC(=O)COC(=O)COc1ccccc1C. The van der Waals surface area contributed by atoms with Gasteiger partial charge in [0.2, 0.25) is 0 Å². The van der Waals surface area contributed by atoms with E-state index >= 15 is 0 Å². The first-order valence-corrected chi connectivity index (χ1v) is 6.94. The average Bonchev–Trinajstić information content (AvgIpc) is 2.50. The quantitative estimate of drug-likeness (QED) is 0.737. The number of imide groups is 1. The number of urea groups is 1. The van der Waals surface area contributed by atoms with Crippen LogP contribution >= 0.6 is 0 Å². The minimum Gasteiger partial charge on any atom is -0.482 e. The Hall–Kier alpha value is -2.57. The number of esters is 1. The molecular formula is C15H20N2O5. The number of hydrogen-bond donors (Lipinski definition) is 2. The highest BCUT2D eigenvalue weighted by atomic mass is 16.6. The van der Waals surface area contributed by atoms with Gasteiger partial charge in [-0.15, -0.1) is 0 Å². The Labute approximate surface area is 129 Å². The van der Waals surface area contributed by atoms with Crippen LogP contribution < -0.4 is 15.4 Å². The van der Waals surface area contributed by atoms with Crippen molar-refractivity contribution in [1.29, 1.82) is 0 Å². The fraction of sp³-hybridized carbons (Fsp3) is 0.400. The smallest absolute Gasteiger partial charge is 0.344 e. The highest BCUT2D eigenvalue weighted by Crippen LogP contribution is 2.15. The summed E-state index contributed by atoms with van der Waals surface area (Å²) in [5.74, 6) is -0.812. The number of amides is 3. The molecule has 22 heavy (non-hydrogen) atoms. The summed E-state index contributed by atoms with van der Waals surface area (Å²) < 4.78 is 9.99.